The summed E-state index contributed by atoms with van der Waals surface area (Å²) in [7, 11) is -1.83. The minimum absolute atomic E-state index is 0.0733. The van der Waals surface area contributed by atoms with E-state index in [2.05, 4.69) is 25.0 Å². The summed E-state index contributed by atoms with van der Waals surface area (Å²) < 4.78 is 0. The fraction of sp³-hybridized carbons (Fsp3) is 0.417. The van der Waals surface area contributed by atoms with Gasteiger partial charge in [0.1, 0.15) is 5.02 Å². The van der Waals surface area contributed by atoms with Gasteiger partial charge in [0.05, 0.1) is 18.6 Å². The average molecular weight is 301 g/mol. The molecular formula is C12H17ClN2O3Si. The largest absolute Gasteiger partial charge is 0.352 e. The first kappa shape index (κ1) is 15.7. The standard InChI is InChI=1S/C12H17ClN2O3Si/c1-5-14-12(16)10-9(19(2,3)4)7-6-8(11(10)13)15(17)18/h6-7H,5H2,1-4H3,(H,14,16). The number of halogens is 1. The molecule has 19 heavy (non-hydrogen) atoms. The van der Waals surface area contributed by atoms with Gasteiger partial charge in [0.15, 0.2) is 0 Å². The predicted molar refractivity (Wildman–Crippen MR) is 79.1 cm³/mol. The zero-order valence-corrected chi connectivity index (χ0v) is 13.2. The number of hydrogen-bond donors (Lipinski definition) is 1. The van der Waals surface area contributed by atoms with Gasteiger partial charge in [0.2, 0.25) is 0 Å². The van der Waals surface area contributed by atoms with Crippen molar-refractivity contribution in [1.82, 2.24) is 5.32 Å². The van der Waals surface area contributed by atoms with E-state index in [0.717, 1.165) is 5.19 Å². The Hall–Kier alpha value is -1.40. The summed E-state index contributed by atoms with van der Waals surface area (Å²) in [6, 6.07) is 3.03. The van der Waals surface area contributed by atoms with Crippen LogP contribution in [0.5, 0.6) is 0 Å². The Labute approximate surface area is 118 Å². The fourth-order valence-electron chi connectivity index (χ4n) is 1.80. The number of amides is 1. The highest BCUT2D eigenvalue weighted by Crippen LogP contribution is 2.28. The van der Waals surface area contributed by atoms with Crippen molar-refractivity contribution in [2.45, 2.75) is 26.6 Å². The van der Waals surface area contributed by atoms with E-state index in [9.17, 15) is 14.9 Å². The molecule has 0 aliphatic carbocycles. The normalized spacial score (nSPS) is 11.2. The lowest BCUT2D eigenvalue weighted by Gasteiger charge is -2.21. The van der Waals surface area contributed by atoms with Gasteiger partial charge in [-0.05, 0) is 12.1 Å². The highest BCUT2D eigenvalue weighted by atomic mass is 35.5. The van der Waals surface area contributed by atoms with Gasteiger partial charge in [0, 0.05) is 12.6 Å². The molecule has 0 fully saturated rings. The molecule has 0 atom stereocenters. The summed E-state index contributed by atoms with van der Waals surface area (Å²) in [6.07, 6.45) is 0. The van der Waals surface area contributed by atoms with Gasteiger partial charge in [-0.3, -0.25) is 14.9 Å². The minimum atomic E-state index is -1.83. The number of rotatable bonds is 4. The lowest BCUT2D eigenvalue weighted by molar-refractivity contribution is -0.384. The molecule has 0 radical (unpaired) electrons. The SMILES string of the molecule is CCNC(=O)c1c([Si](C)(C)C)ccc([N+](=O)[O-])c1Cl. The van der Waals surface area contributed by atoms with Crippen LogP contribution in [-0.4, -0.2) is 25.4 Å². The zero-order valence-electron chi connectivity index (χ0n) is 11.4. The molecule has 0 heterocycles. The van der Waals surface area contributed by atoms with Crippen LogP contribution in [0.15, 0.2) is 12.1 Å². The Morgan fingerprint density at radius 3 is 2.42 bits per heavy atom. The molecule has 7 heteroatoms. The van der Waals surface area contributed by atoms with Crippen LogP contribution in [0.25, 0.3) is 0 Å². The van der Waals surface area contributed by atoms with E-state index in [0.29, 0.717) is 6.54 Å². The van der Waals surface area contributed by atoms with Crippen molar-refractivity contribution in [3.8, 4) is 0 Å². The van der Waals surface area contributed by atoms with E-state index in [4.69, 9.17) is 11.6 Å². The Balaban J connectivity index is 3.55. The molecule has 0 spiro atoms. The van der Waals surface area contributed by atoms with Gasteiger partial charge in [-0.1, -0.05) is 37.3 Å². The van der Waals surface area contributed by atoms with E-state index in [1.807, 2.05) is 0 Å². The lowest BCUT2D eigenvalue weighted by Crippen LogP contribution is -2.43. The molecule has 1 amide bonds. The molecule has 0 unspecified atom stereocenters. The second-order valence-corrected chi connectivity index (χ2v) is 10.6. The smallest absolute Gasteiger partial charge is 0.288 e. The first-order chi connectivity index (χ1) is 8.70. The van der Waals surface area contributed by atoms with Gasteiger partial charge in [0.25, 0.3) is 11.6 Å². The molecule has 104 valence electrons. The summed E-state index contributed by atoms with van der Waals surface area (Å²) in [5.41, 5.74) is 0.0156. The summed E-state index contributed by atoms with van der Waals surface area (Å²) in [4.78, 5) is 22.5. The maximum absolute atomic E-state index is 12.1. The number of nitrogens with one attached hydrogen (secondary N) is 1. The molecule has 1 N–H and O–H groups in total. The van der Waals surface area contributed by atoms with Gasteiger partial charge in [-0.25, -0.2) is 0 Å². The van der Waals surface area contributed by atoms with Crippen LogP contribution in [-0.2, 0) is 0 Å². The molecule has 0 aliphatic rings. The van der Waals surface area contributed by atoms with Crippen molar-refractivity contribution in [3.63, 3.8) is 0 Å². The van der Waals surface area contributed by atoms with Crippen molar-refractivity contribution < 1.29 is 9.72 Å². The number of hydrogen-bond acceptors (Lipinski definition) is 3. The quantitative estimate of drug-likeness (QED) is 0.527. The molecule has 0 saturated carbocycles. The third-order valence-electron chi connectivity index (χ3n) is 2.69. The zero-order chi connectivity index (χ0) is 14.8. The lowest BCUT2D eigenvalue weighted by atomic mass is 10.2. The second-order valence-electron chi connectivity index (χ2n) is 5.19. The number of benzene rings is 1. The van der Waals surface area contributed by atoms with E-state index < -0.39 is 13.0 Å². The van der Waals surface area contributed by atoms with E-state index in [1.54, 1.807) is 13.0 Å². The number of nitrogens with zero attached hydrogens (tertiary/aromatic N) is 1. The number of carbonyl (C=O) groups is 1. The summed E-state index contributed by atoms with van der Waals surface area (Å²) in [6.45, 7) is 8.42. The molecular weight excluding hydrogens is 284 g/mol. The first-order valence-corrected chi connectivity index (χ1v) is 9.83. The molecule has 1 aromatic rings. The van der Waals surface area contributed by atoms with Crippen LogP contribution >= 0.6 is 11.6 Å². The Bertz CT molecular complexity index is 526. The molecule has 0 saturated heterocycles. The summed E-state index contributed by atoms with van der Waals surface area (Å²) >= 11 is 6.07. The molecule has 1 rings (SSSR count). The van der Waals surface area contributed by atoms with Crippen molar-refractivity contribution in [2.24, 2.45) is 0 Å². The van der Waals surface area contributed by atoms with E-state index >= 15 is 0 Å². The monoisotopic (exact) mass is 300 g/mol. The topological polar surface area (TPSA) is 72.2 Å². The minimum Gasteiger partial charge on any atom is -0.352 e. The van der Waals surface area contributed by atoms with Crippen LogP contribution in [0.3, 0.4) is 0 Å². The third kappa shape index (κ3) is 3.33. The molecule has 5 nitrogen and oxygen atoms in total. The van der Waals surface area contributed by atoms with Crippen molar-refractivity contribution >= 4 is 36.5 Å². The number of nitro groups is 1. The number of carbonyl (C=O) groups excluding carboxylic acids is 1. The second kappa shape index (κ2) is 5.71. The summed E-state index contributed by atoms with van der Waals surface area (Å²) in [5, 5.41) is 14.3. The van der Waals surface area contributed by atoms with Crippen molar-refractivity contribution in [1.29, 1.82) is 0 Å². The van der Waals surface area contributed by atoms with Crippen molar-refractivity contribution in [3.05, 3.63) is 32.8 Å². The van der Waals surface area contributed by atoms with Crippen LogP contribution in [0.4, 0.5) is 5.69 Å². The van der Waals surface area contributed by atoms with Crippen LogP contribution in [0.1, 0.15) is 17.3 Å². The maximum atomic E-state index is 12.1. The number of nitro benzene ring substituents is 1. The Morgan fingerprint density at radius 2 is 2.00 bits per heavy atom. The van der Waals surface area contributed by atoms with Gasteiger partial charge < -0.3 is 5.32 Å². The molecule has 0 aliphatic heterocycles. The van der Waals surface area contributed by atoms with Gasteiger partial charge >= 0.3 is 0 Å². The van der Waals surface area contributed by atoms with Crippen molar-refractivity contribution in [2.75, 3.05) is 6.54 Å². The molecule has 0 aromatic heterocycles. The highest BCUT2D eigenvalue weighted by Gasteiger charge is 2.29. The predicted octanol–water partition coefficient (Wildman–Crippen LogP) is 2.54. The average Bonchev–Trinajstić information content (AvgIpc) is 2.26. The van der Waals surface area contributed by atoms with Crippen LogP contribution in [0.2, 0.25) is 24.7 Å². The first-order valence-electron chi connectivity index (χ1n) is 5.95. The van der Waals surface area contributed by atoms with Crippen LogP contribution < -0.4 is 10.5 Å². The highest BCUT2D eigenvalue weighted by molar-refractivity contribution is 6.89. The Morgan fingerprint density at radius 1 is 1.42 bits per heavy atom. The third-order valence-corrected chi connectivity index (χ3v) is 5.11. The molecule has 1 aromatic carbocycles. The maximum Gasteiger partial charge on any atom is 0.288 e. The summed E-state index contributed by atoms with van der Waals surface area (Å²) in [5.74, 6) is -0.353. The van der Waals surface area contributed by atoms with Gasteiger partial charge in [-0.2, -0.15) is 0 Å². The molecule has 0 bridgehead atoms. The van der Waals surface area contributed by atoms with E-state index in [1.165, 1.54) is 6.07 Å². The van der Waals surface area contributed by atoms with Gasteiger partial charge in [-0.15, -0.1) is 0 Å². The van der Waals surface area contributed by atoms with Crippen LogP contribution in [0, 0.1) is 10.1 Å². The van der Waals surface area contributed by atoms with E-state index in [-0.39, 0.29) is 22.2 Å². The Kier molecular flexibility index (Phi) is 4.70. The fourth-order valence-corrected chi connectivity index (χ4v) is 3.77.